The summed E-state index contributed by atoms with van der Waals surface area (Å²) in [6.45, 7) is 4.49. The number of thiazole rings is 1. The summed E-state index contributed by atoms with van der Waals surface area (Å²) in [6, 6.07) is 0. The number of carbonyl (C=O) groups excluding carboxylic acids is 1. The van der Waals surface area contributed by atoms with E-state index in [9.17, 15) is 4.79 Å². The Hall–Kier alpha value is -0.900. The van der Waals surface area contributed by atoms with Gasteiger partial charge in [0, 0.05) is 19.0 Å². The topological polar surface area (TPSA) is 33.2 Å². The molecule has 1 aliphatic heterocycles. The lowest BCUT2D eigenvalue weighted by Crippen LogP contribution is -2.33. The molecular weight excluding hydrogens is 256 g/mol. The Bertz CT molecular complexity index is 445. The first-order valence-corrected chi connectivity index (χ1v) is 8.34. The van der Waals surface area contributed by atoms with Gasteiger partial charge in [-0.05, 0) is 31.6 Å². The monoisotopic (exact) mass is 278 g/mol. The molecule has 0 spiro atoms. The maximum absolute atomic E-state index is 11.1. The summed E-state index contributed by atoms with van der Waals surface area (Å²) in [5, 5.41) is 1.08. The molecule has 1 aromatic rings. The molecule has 0 amide bonds. The van der Waals surface area contributed by atoms with Crippen LogP contribution in [0.2, 0.25) is 0 Å². The largest absolute Gasteiger partial charge is 0.348 e. The minimum atomic E-state index is 0.572. The highest BCUT2D eigenvalue weighted by molar-refractivity contribution is 7.17. The van der Waals surface area contributed by atoms with Crippen molar-refractivity contribution < 1.29 is 4.79 Å². The van der Waals surface area contributed by atoms with Crippen molar-refractivity contribution in [3.05, 3.63) is 10.6 Å². The van der Waals surface area contributed by atoms with Crippen LogP contribution in [0.4, 0.5) is 5.13 Å². The molecule has 0 unspecified atom stereocenters. The highest BCUT2D eigenvalue weighted by atomic mass is 32.1. The summed E-state index contributed by atoms with van der Waals surface area (Å²) < 4.78 is 0. The SMILES string of the molecule is CCCC1CCN(c2nc(C3CC3)c(C=O)s2)CC1. The number of anilines is 1. The third-order valence-electron chi connectivity index (χ3n) is 4.32. The van der Waals surface area contributed by atoms with E-state index in [1.54, 1.807) is 11.3 Å². The minimum absolute atomic E-state index is 0.572. The second kappa shape index (κ2) is 5.61. The Morgan fingerprint density at radius 1 is 1.32 bits per heavy atom. The highest BCUT2D eigenvalue weighted by Gasteiger charge is 2.31. The van der Waals surface area contributed by atoms with E-state index in [4.69, 9.17) is 4.98 Å². The summed E-state index contributed by atoms with van der Waals surface area (Å²) in [6.07, 6.45) is 8.64. The van der Waals surface area contributed by atoms with Gasteiger partial charge in [-0.3, -0.25) is 4.79 Å². The molecular formula is C15H22N2OS. The molecule has 2 heterocycles. The molecule has 3 rings (SSSR count). The number of piperidine rings is 1. The number of rotatable bonds is 5. The first-order valence-electron chi connectivity index (χ1n) is 7.52. The molecule has 0 radical (unpaired) electrons. The normalized spacial score (nSPS) is 20.8. The predicted molar refractivity (Wildman–Crippen MR) is 79.3 cm³/mol. The fourth-order valence-corrected chi connectivity index (χ4v) is 4.04. The van der Waals surface area contributed by atoms with Gasteiger partial charge in [-0.2, -0.15) is 0 Å². The Kier molecular flexibility index (Phi) is 3.87. The number of hydrogen-bond acceptors (Lipinski definition) is 4. The molecule has 104 valence electrons. The number of aromatic nitrogens is 1. The first-order chi connectivity index (χ1) is 9.31. The molecule has 19 heavy (non-hydrogen) atoms. The Morgan fingerprint density at radius 3 is 2.63 bits per heavy atom. The van der Waals surface area contributed by atoms with Gasteiger partial charge >= 0.3 is 0 Å². The maximum Gasteiger partial charge on any atom is 0.186 e. The van der Waals surface area contributed by atoms with E-state index in [1.165, 1.54) is 38.5 Å². The summed E-state index contributed by atoms with van der Waals surface area (Å²) in [5.41, 5.74) is 1.07. The molecule has 1 aliphatic carbocycles. The second-order valence-electron chi connectivity index (χ2n) is 5.86. The summed E-state index contributed by atoms with van der Waals surface area (Å²) >= 11 is 1.60. The molecule has 1 aromatic heterocycles. The lowest BCUT2D eigenvalue weighted by molar-refractivity contribution is 0.112. The van der Waals surface area contributed by atoms with Gasteiger partial charge in [0.1, 0.15) is 0 Å². The number of hydrogen-bond donors (Lipinski definition) is 0. The van der Waals surface area contributed by atoms with Crippen molar-refractivity contribution in [1.82, 2.24) is 4.98 Å². The average Bonchev–Trinajstić information content (AvgIpc) is 3.19. The summed E-state index contributed by atoms with van der Waals surface area (Å²) in [4.78, 5) is 19.1. The van der Waals surface area contributed by atoms with E-state index >= 15 is 0 Å². The van der Waals surface area contributed by atoms with Crippen molar-refractivity contribution in [3.63, 3.8) is 0 Å². The molecule has 2 aliphatic rings. The third-order valence-corrected chi connectivity index (χ3v) is 5.38. The molecule has 0 N–H and O–H groups in total. The molecule has 0 bridgehead atoms. The maximum atomic E-state index is 11.1. The van der Waals surface area contributed by atoms with Crippen molar-refractivity contribution in [1.29, 1.82) is 0 Å². The van der Waals surface area contributed by atoms with Crippen molar-refractivity contribution in [2.75, 3.05) is 18.0 Å². The van der Waals surface area contributed by atoms with Crippen LogP contribution in [0.1, 0.15) is 66.7 Å². The molecule has 2 fully saturated rings. The number of aldehydes is 1. The van der Waals surface area contributed by atoms with Crippen molar-refractivity contribution in [3.8, 4) is 0 Å². The van der Waals surface area contributed by atoms with Gasteiger partial charge in [-0.15, -0.1) is 0 Å². The van der Waals surface area contributed by atoms with Gasteiger partial charge in [0.25, 0.3) is 0 Å². The standard InChI is InChI=1S/C15H22N2OS/c1-2-3-11-6-8-17(9-7-11)15-16-14(12-4-5-12)13(10-18)19-15/h10-12H,2-9H2,1H3. The fraction of sp³-hybridized carbons (Fsp3) is 0.733. The van der Waals surface area contributed by atoms with Crippen LogP contribution in [0.5, 0.6) is 0 Å². The van der Waals surface area contributed by atoms with Crippen molar-refractivity contribution in [2.24, 2.45) is 5.92 Å². The van der Waals surface area contributed by atoms with E-state index in [1.807, 2.05) is 0 Å². The van der Waals surface area contributed by atoms with Crippen LogP contribution in [-0.2, 0) is 0 Å². The third kappa shape index (κ3) is 2.83. The van der Waals surface area contributed by atoms with Gasteiger partial charge < -0.3 is 4.90 Å². The van der Waals surface area contributed by atoms with Crippen LogP contribution in [-0.4, -0.2) is 24.4 Å². The molecule has 1 saturated carbocycles. The van der Waals surface area contributed by atoms with Gasteiger partial charge in [0.15, 0.2) is 11.4 Å². The van der Waals surface area contributed by atoms with E-state index < -0.39 is 0 Å². The molecule has 4 heteroatoms. The van der Waals surface area contributed by atoms with Gasteiger partial charge in [-0.1, -0.05) is 31.1 Å². The minimum Gasteiger partial charge on any atom is -0.348 e. The quantitative estimate of drug-likeness (QED) is 0.767. The van der Waals surface area contributed by atoms with E-state index in [-0.39, 0.29) is 0 Å². The van der Waals surface area contributed by atoms with Gasteiger partial charge in [0.05, 0.1) is 10.6 Å². The molecule has 1 saturated heterocycles. The van der Waals surface area contributed by atoms with Crippen LogP contribution in [0.3, 0.4) is 0 Å². The lowest BCUT2D eigenvalue weighted by Gasteiger charge is -2.31. The van der Waals surface area contributed by atoms with Crippen LogP contribution >= 0.6 is 11.3 Å². The highest BCUT2D eigenvalue weighted by Crippen LogP contribution is 2.44. The molecule has 0 atom stereocenters. The second-order valence-corrected chi connectivity index (χ2v) is 6.87. The first kappa shape index (κ1) is 13.1. The molecule has 0 aromatic carbocycles. The van der Waals surface area contributed by atoms with Crippen molar-refractivity contribution in [2.45, 2.75) is 51.4 Å². The number of carbonyl (C=O) groups is 1. The zero-order valence-electron chi connectivity index (χ0n) is 11.6. The average molecular weight is 278 g/mol. The predicted octanol–water partition coefficient (Wildman–Crippen LogP) is 3.85. The van der Waals surface area contributed by atoms with E-state index in [0.717, 1.165) is 41.0 Å². The summed E-state index contributed by atoms with van der Waals surface area (Å²) in [5.74, 6) is 1.47. The van der Waals surface area contributed by atoms with Crippen LogP contribution in [0.15, 0.2) is 0 Å². The zero-order valence-corrected chi connectivity index (χ0v) is 12.4. The molecule has 3 nitrogen and oxygen atoms in total. The van der Waals surface area contributed by atoms with Crippen LogP contribution in [0.25, 0.3) is 0 Å². The summed E-state index contributed by atoms with van der Waals surface area (Å²) in [7, 11) is 0. The van der Waals surface area contributed by atoms with E-state index in [2.05, 4.69) is 11.8 Å². The Morgan fingerprint density at radius 2 is 2.05 bits per heavy atom. The fourth-order valence-electron chi connectivity index (χ4n) is 3.02. The van der Waals surface area contributed by atoms with Crippen LogP contribution < -0.4 is 4.90 Å². The lowest BCUT2D eigenvalue weighted by atomic mass is 9.93. The van der Waals surface area contributed by atoms with E-state index in [0.29, 0.717) is 5.92 Å². The Labute approximate surface area is 119 Å². The Balaban J connectivity index is 1.68. The smallest absolute Gasteiger partial charge is 0.186 e. The van der Waals surface area contributed by atoms with Crippen molar-refractivity contribution >= 4 is 22.8 Å². The van der Waals surface area contributed by atoms with Crippen LogP contribution in [0, 0.1) is 5.92 Å². The van der Waals surface area contributed by atoms with Gasteiger partial charge in [0.2, 0.25) is 0 Å². The van der Waals surface area contributed by atoms with Gasteiger partial charge in [-0.25, -0.2) is 4.98 Å². The number of nitrogens with zero attached hydrogens (tertiary/aromatic N) is 2. The zero-order chi connectivity index (χ0) is 13.2.